The van der Waals surface area contributed by atoms with Crippen molar-refractivity contribution >= 4 is 35.2 Å². The molecule has 16 heteroatoms. The maximum Gasteiger partial charge on any atom is 0.664 e. The van der Waals surface area contributed by atoms with Crippen LogP contribution in [0.25, 0.3) is 0 Å². The first-order valence-electron chi connectivity index (χ1n) is 6.76. The molecule has 24 heavy (non-hydrogen) atoms. The molecule has 0 unspecified atom stereocenters. The predicted molar refractivity (Wildman–Crippen MR) is 83.7 cm³/mol. The van der Waals surface area contributed by atoms with E-state index in [1.165, 1.54) is 28.4 Å². The van der Waals surface area contributed by atoms with Gasteiger partial charge in [0.05, 0.1) is 24.9 Å². The molecular formula is C8H24O12Si4. The van der Waals surface area contributed by atoms with Crippen molar-refractivity contribution in [2.45, 2.75) is 0 Å². The van der Waals surface area contributed by atoms with Gasteiger partial charge in [0.15, 0.2) is 0 Å². The Kier molecular flexibility index (Phi) is 8.27. The van der Waals surface area contributed by atoms with Gasteiger partial charge in [0.1, 0.15) is 0 Å². The van der Waals surface area contributed by atoms with E-state index in [1.54, 1.807) is 0 Å². The summed E-state index contributed by atoms with van der Waals surface area (Å²) in [5.41, 5.74) is 0. The molecule has 12 nitrogen and oxygen atoms in total. The zero-order chi connectivity index (χ0) is 18.5. The van der Waals surface area contributed by atoms with E-state index in [9.17, 15) is 20.4 Å². The van der Waals surface area contributed by atoms with Gasteiger partial charge in [-0.1, -0.05) is 0 Å². The molecule has 0 bridgehead atoms. The van der Waals surface area contributed by atoms with Gasteiger partial charge in [0.25, 0.3) is 0 Å². The van der Waals surface area contributed by atoms with E-state index >= 15 is 0 Å². The highest BCUT2D eigenvalue weighted by molar-refractivity contribution is 6.90. The van der Waals surface area contributed by atoms with E-state index in [2.05, 4.69) is 0 Å². The maximum atomic E-state index is 9.71. The molecule has 1 fully saturated rings. The van der Waals surface area contributed by atoms with Crippen LogP contribution in [0, 0.1) is 0 Å². The van der Waals surface area contributed by atoms with Gasteiger partial charge in [-0.05, 0) is 0 Å². The normalized spacial score (nSPS) is 25.0. The van der Waals surface area contributed by atoms with E-state index in [0.717, 1.165) is 0 Å². The number of aliphatic hydroxyl groups is 4. The molecule has 0 aromatic rings. The average molecular weight is 425 g/mol. The lowest BCUT2D eigenvalue weighted by atomic mass is 11.7. The minimum atomic E-state index is -3.99. The van der Waals surface area contributed by atoms with Crippen molar-refractivity contribution in [3.63, 3.8) is 0 Å². The largest absolute Gasteiger partial charge is 0.664 e. The predicted octanol–water partition coefficient (Wildman–Crippen LogP) is -3.47. The molecule has 1 saturated heterocycles. The second-order valence-electron chi connectivity index (χ2n) is 4.68. The van der Waals surface area contributed by atoms with Gasteiger partial charge in [0.2, 0.25) is 0 Å². The summed E-state index contributed by atoms with van der Waals surface area (Å²) < 4.78 is 43.5. The Morgan fingerprint density at radius 1 is 0.542 bits per heavy atom. The van der Waals surface area contributed by atoms with E-state index < -0.39 is 60.1 Å². The Labute approximate surface area is 143 Å². The summed E-state index contributed by atoms with van der Waals surface area (Å²) in [4.78, 5) is 0. The molecule has 144 valence electrons. The van der Waals surface area contributed by atoms with Crippen molar-refractivity contribution in [3.05, 3.63) is 0 Å². The van der Waals surface area contributed by atoms with Crippen LogP contribution in [0.4, 0.5) is 0 Å². The van der Waals surface area contributed by atoms with Gasteiger partial charge < -0.3 is 54.6 Å². The van der Waals surface area contributed by atoms with Crippen LogP contribution >= 0.6 is 0 Å². The van der Waals surface area contributed by atoms with E-state index in [0.29, 0.717) is 0 Å². The second-order valence-corrected chi connectivity index (χ2v) is 16.5. The first kappa shape index (κ1) is 22.4. The Morgan fingerprint density at radius 2 is 0.833 bits per heavy atom. The van der Waals surface area contributed by atoms with Crippen molar-refractivity contribution < 1.29 is 54.6 Å². The van der Waals surface area contributed by atoms with Gasteiger partial charge in [-0.15, -0.1) is 0 Å². The molecule has 0 aliphatic carbocycles. The van der Waals surface area contributed by atoms with Crippen LogP contribution in [0.2, 0.25) is 0 Å². The lowest BCUT2D eigenvalue weighted by molar-refractivity contribution is -0.0262. The third-order valence-corrected chi connectivity index (χ3v) is 17.1. The summed E-state index contributed by atoms with van der Waals surface area (Å²) in [5, 5.41) is 38.8. The van der Waals surface area contributed by atoms with Crippen LogP contribution in [-0.4, -0.2) is 109 Å². The van der Waals surface area contributed by atoms with Crippen LogP contribution in [0.1, 0.15) is 0 Å². The van der Waals surface area contributed by atoms with E-state index in [1.807, 2.05) is 0 Å². The Morgan fingerprint density at radius 3 is 1.04 bits per heavy atom. The fourth-order valence-corrected chi connectivity index (χ4v) is 16.9. The van der Waals surface area contributed by atoms with Crippen molar-refractivity contribution in [2.75, 3.05) is 53.4 Å². The Bertz CT molecular complexity index is 295. The Hall–Kier alpha value is 0.388. The van der Waals surface area contributed by atoms with Crippen molar-refractivity contribution in [2.24, 2.45) is 0 Å². The van der Waals surface area contributed by atoms with Gasteiger partial charge in [-0.25, -0.2) is 0 Å². The fourth-order valence-electron chi connectivity index (χ4n) is 1.89. The quantitative estimate of drug-likeness (QED) is 0.286. The number of rotatable bonds is 8. The minimum Gasteiger partial charge on any atom is -0.410 e. The lowest BCUT2D eigenvalue weighted by Gasteiger charge is -2.46. The van der Waals surface area contributed by atoms with Gasteiger partial charge in [0, 0.05) is 28.4 Å². The summed E-state index contributed by atoms with van der Waals surface area (Å²) in [7, 11) is -10.7. The Balaban J connectivity index is 3.45. The monoisotopic (exact) mass is 424 g/mol. The second kappa shape index (κ2) is 8.85. The number of hydrogen-bond donors (Lipinski definition) is 4. The third kappa shape index (κ3) is 4.37. The highest BCUT2D eigenvalue weighted by Gasteiger charge is 2.68. The van der Waals surface area contributed by atoms with Crippen LogP contribution in [0.3, 0.4) is 0 Å². The molecule has 0 spiro atoms. The van der Waals surface area contributed by atoms with E-state index in [-0.39, 0.29) is 0 Å². The lowest BCUT2D eigenvalue weighted by Crippen LogP contribution is -2.76. The smallest absolute Gasteiger partial charge is 0.410 e. The maximum absolute atomic E-state index is 9.71. The standard InChI is InChI=1S/C8H24O12Si4/c1-13-23(14-2)18-21(5-9,6-10)17-22(7-11,8-12)19-24(15-3,16-4)20-23/h9-12H,5-8H2,1-4H3. The molecule has 0 saturated carbocycles. The summed E-state index contributed by atoms with van der Waals surface area (Å²) in [6.07, 6.45) is -2.89. The van der Waals surface area contributed by atoms with Crippen molar-refractivity contribution in [1.29, 1.82) is 0 Å². The highest BCUT2D eigenvalue weighted by Crippen LogP contribution is 2.31. The number of aliphatic hydroxyl groups excluding tert-OH is 4. The number of hydrogen-bond acceptors (Lipinski definition) is 12. The summed E-state index contributed by atoms with van der Waals surface area (Å²) in [5.74, 6) is 0. The molecule has 1 rings (SSSR count). The third-order valence-electron chi connectivity index (χ3n) is 3.21. The van der Waals surface area contributed by atoms with Crippen molar-refractivity contribution in [1.82, 2.24) is 0 Å². The first-order valence-corrected chi connectivity index (χ1v) is 14.5. The SMILES string of the molecule is CO[Si]1(OC)O[Si](CO)(CO)O[Si](CO)(CO)O[Si](OC)(OC)O1. The molecule has 0 atom stereocenters. The molecule has 0 aromatic carbocycles. The molecule has 1 aliphatic rings. The highest BCUT2D eigenvalue weighted by atomic mass is 28.6. The molecule has 0 amide bonds. The minimum absolute atomic E-state index is 0.721. The van der Waals surface area contributed by atoms with Gasteiger partial charge >= 0.3 is 35.2 Å². The first-order chi connectivity index (χ1) is 11.3. The van der Waals surface area contributed by atoms with Crippen LogP contribution in [0.5, 0.6) is 0 Å². The van der Waals surface area contributed by atoms with Crippen molar-refractivity contribution in [3.8, 4) is 0 Å². The summed E-state index contributed by atoms with van der Waals surface area (Å²) >= 11 is 0. The fraction of sp³-hybridized carbons (Fsp3) is 1.00. The molecule has 1 heterocycles. The zero-order valence-electron chi connectivity index (χ0n) is 13.9. The van der Waals surface area contributed by atoms with Gasteiger partial charge in [-0.3, -0.25) is 0 Å². The van der Waals surface area contributed by atoms with Crippen LogP contribution in [-0.2, 0) is 34.2 Å². The molecule has 4 N–H and O–H groups in total. The van der Waals surface area contributed by atoms with Crippen LogP contribution in [0.15, 0.2) is 0 Å². The summed E-state index contributed by atoms with van der Waals surface area (Å²) in [6.45, 7) is 0. The molecule has 0 aromatic heterocycles. The zero-order valence-corrected chi connectivity index (χ0v) is 17.9. The average Bonchev–Trinajstić information content (AvgIpc) is 2.63. The molecular weight excluding hydrogens is 400 g/mol. The molecule has 1 aliphatic heterocycles. The van der Waals surface area contributed by atoms with E-state index in [4.69, 9.17) is 34.2 Å². The van der Waals surface area contributed by atoms with Crippen LogP contribution < -0.4 is 0 Å². The summed E-state index contributed by atoms with van der Waals surface area (Å²) in [6, 6.07) is 0. The molecule has 0 radical (unpaired) electrons. The van der Waals surface area contributed by atoms with Gasteiger partial charge in [-0.2, -0.15) is 0 Å². The topological polar surface area (TPSA) is 155 Å².